The van der Waals surface area contributed by atoms with Crippen molar-refractivity contribution in [3.63, 3.8) is 0 Å². The Labute approximate surface area is 160 Å². The van der Waals surface area contributed by atoms with Gasteiger partial charge in [-0.05, 0) is 42.5 Å². The topological polar surface area (TPSA) is 63.2 Å². The first-order valence-electron chi connectivity index (χ1n) is 7.76. The molecule has 2 N–H and O–H groups in total. The van der Waals surface area contributed by atoms with Gasteiger partial charge >= 0.3 is 0 Å². The van der Waals surface area contributed by atoms with Crippen molar-refractivity contribution in [3.8, 4) is 5.75 Å². The summed E-state index contributed by atoms with van der Waals surface area (Å²) in [4.78, 5) is 16.2. The number of pyridine rings is 1. The molecule has 3 aromatic rings. The van der Waals surface area contributed by atoms with Crippen LogP contribution in [0.1, 0.15) is 0 Å². The fourth-order valence-electron chi connectivity index (χ4n) is 2.14. The van der Waals surface area contributed by atoms with Crippen LogP contribution in [-0.2, 0) is 4.79 Å². The van der Waals surface area contributed by atoms with E-state index in [4.69, 9.17) is 27.9 Å². The molecule has 3 rings (SSSR count). The van der Waals surface area contributed by atoms with Crippen molar-refractivity contribution in [2.75, 3.05) is 17.2 Å². The first-order chi connectivity index (χ1) is 12.6. The Morgan fingerprint density at radius 1 is 1.00 bits per heavy atom. The fraction of sp³-hybridized carbons (Fsp3) is 0.0526. The number of nitrogens with one attached hydrogen (secondary N) is 2. The van der Waals surface area contributed by atoms with Crippen LogP contribution in [0.2, 0.25) is 10.0 Å². The first kappa shape index (κ1) is 18.0. The lowest BCUT2D eigenvalue weighted by Crippen LogP contribution is -2.20. The van der Waals surface area contributed by atoms with E-state index in [1.807, 2.05) is 36.4 Å². The van der Waals surface area contributed by atoms with Gasteiger partial charge in [-0.3, -0.25) is 4.79 Å². The normalized spacial score (nSPS) is 10.2. The van der Waals surface area contributed by atoms with Crippen molar-refractivity contribution in [1.29, 1.82) is 0 Å². The van der Waals surface area contributed by atoms with Gasteiger partial charge < -0.3 is 15.4 Å². The summed E-state index contributed by atoms with van der Waals surface area (Å²) in [7, 11) is 0. The van der Waals surface area contributed by atoms with E-state index in [9.17, 15) is 4.79 Å². The van der Waals surface area contributed by atoms with Gasteiger partial charge in [-0.25, -0.2) is 4.98 Å². The number of carbonyl (C=O) groups is 1. The smallest absolute Gasteiger partial charge is 0.263 e. The minimum atomic E-state index is -0.340. The Hall–Kier alpha value is -2.76. The SMILES string of the molecule is O=C(COc1ccc(Cl)cc1Cl)Nc1ccc(Nc2ccccc2)cn1. The van der Waals surface area contributed by atoms with Gasteiger partial charge in [-0.15, -0.1) is 0 Å². The molecule has 1 heterocycles. The lowest BCUT2D eigenvalue weighted by Gasteiger charge is -2.09. The maximum absolute atomic E-state index is 12.0. The Morgan fingerprint density at radius 2 is 1.81 bits per heavy atom. The third-order valence-corrected chi connectivity index (χ3v) is 3.88. The molecule has 0 aliphatic heterocycles. The van der Waals surface area contributed by atoms with E-state index >= 15 is 0 Å². The Bertz CT molecular complexity index is 887. The van der Waals surface area contributed by atoms with Crippen molar-refractivity contribution in [3.05, 3.63) is 76.9 Å². The quantitative estimate of drug-likeness (QED) is 0.613. The van der Waals surface area contributed by atoms with Gasteiger partial charge in [0.25, 0.3) is 5.91 Å². The summed E-state index contributed by atoms with van der Waals surface area (Å²) in [5, 5.41) is 6.73. The van der Waals surface area contributed by atoms with E-state index in [0.717, 1.165) is 11.4 Å². The monoisotopic (exact) mass is 387 g/mol. The zero-order valence-electron chi connectivity index (χ0n) is 13.6. The number of para-hydroxylation sites is 1. The summed E-state index contributed by atoms with van der Waals surface area (Å²) in [6.45, 7) is -0.187. The molecule has 132 valence electrons. The van der Waals surface area contributed by atoms with E-state index in [0.29, 0.717) is 21.6 Å². The number of amides is 1. The predicted octanol–water partition coefficient (Wildman–Crippen LogP) is 5.15. The molecular weight excluding hydrogens is 373 g/mol. The number of aromatic nitrogens is 1. The number of halogens is 2. The van der Waals surface area contributed by atoms with Gasteiger partial charge in [0.05, 0.1) is 16.9 Å². The molecule has 0 saturated carbocycles. The van der Waals surface area contributed by atoms with Crippen molar-refractivity contribution in [1.82, 2.24) is 4.98 Å². The summed E-state index contributed by atoms with van der Waals surface area (Å²) in [6.07, 6.45) is 1.64. The Morgan fingerprint density at radius 3 is 2.50 bits per heavy atom. The van der Waals surface area contributed by atoms with E-state index in [2.05, 4.69) is 15.6 Å². The van der Waals surface area contributed by atoms with Crippen LogP contribution in [0, 0.1) is 0 Å². The van der Waals surface area contributed by atoms with Crippen LogP contribution in [0.3, 0.4) is 0 Å². The van der Waals surface area contributed by atoms with Crippen LogP contribution in [0.25, 0.3) is 0 Å². The number of benzene rings is 2. The molecule has 26 heavy (non-hydrogen) atoms. The lowest BCUT2D eigenvalue weighted by atomic mass is 10.3. The predicted molar refractivity (Wildman–Crippen MR) is 105 cm³/mol. The number of rotatable bonds is 6. The van der Waals surface area contributed by atoms with Crippen molar-refractivity contribution in [2.45, 2.75) is 0 Å². The summed E-state index contributed by atoms with van der Waals surface area (Å²) >= 11 is 11.8. The van der Waals surface area contributed by atoms with Crippen molar-refractivity contribution in [2.24, 2.45) is 0 Å². The highest BCUT2D eigenvalue weighted by molar-refractivity contribution is 6.35. The second-order valence-corrected chi connectivity index (χ2v) is 6.18. The van der Waals surface area contributed by atoms with Crippen molar-refractivity contribution < 1.29 is 9.53 Å². The van der Waals surface area contributed by atoms with Gasteiger partial charge in [0, 0.05) is 10.7 Å². The van der Waals surface area contributed by atoms with Crippen molar-refractivity contribution >= 4 is 46.3 Å². The highest BCUT2D eigenvalue weighted by atomic mass is 35.5. The zero-order chi connectivity index (χ0) is 18.4. The molecular formula is C19H15Cl2N3O2. The standard InChI is InChI=1S/C19H15Cl2N3O2/c20-13-6-8-17(16(21)10-13)26-12-19(25)24-18-9-7-15(11-22-18)23-14-4-2-1-3-5-14/h1-11,23H,12H2,(H,22,24,25). The zero-order valence-corrected chi connectivity index (χ0v) is 15.1. The number of hydrogen-bond acceptors (Lipinski definition) is 4. The molecule has 0 saturated heterocycles. The molecule has 1 aromatic heterocycles. The molecule has 2 aromatic carbocycles. The Balaban J connectivity index is 1.52. The van der Waals surface area contributed by atoms with E-state index in [-0.39, 0.29) is 12.5 Å². The third kappa shape index (κ3) is 5.12. The van der Waals surface area contributed by atoms with Gasteiger partial charge in [0.2, 0.25) is 0 Å². The van der Waals surface area contributed by atoms with Crippen LogP contribution in [-0.4, -0.2) is 17.5 Å². The molecule has 0 atom stereocenters. The molecule has 1 amide bonds. The summed E-state index contributed by atoms with van der Waals surface area (Å²) in [5.41, 5.74) is 1.78. The molecule has 0 aliphatic rings. The maximum Gasteiger partial charge on any atom is 0.263 e. The van der Waals surface area contributed by atoms with Gasteiger partial charge in [-0.2, -0.15) is 0 Å². The maximum atomic E-state index is 12.0. The first-order valence-corrected chi connectivity index (χ1v) is 8.51. The average Bonchev–Trinajstić information content (AvgIpc) is 2.63. The number of nitrogens with zero attached hydrogens (tertiary/aromatic N) is 1. The van der Waals surface area contributed by atoms with Crippen LogP contribution >= 0.6 is 23.2 Å². The van der Waals surface area contributed by atoms with Crippen LogP contribution in [0.15, 0.2) is 66.9 Å². The summed E-state index contributed by atoms with van der Waals surface area (Å²) < 4.78 is 5.39. The highest BCUT2D eigenvalue weighted by Crippen LogP contribution is 2.27. The molecule has 0 unspecified atom stereocenters. The fourth-order valence-corrected chi connectivity index (χ4v) is 2.61. The minimum absolute atomic E-state index is 0.187. The van der Waals surface area contributed by atoms with Crippen LogP contribution < -0.4 is 15.4 Å². The highest BCUT2D eigenvalue weighted by Gasteiger charge is 2.07. The average molecular weight is 388 g/mol. The molecule has 0 aliphatic carbocycles. The van der Waals surface area contributed by atoms with E-state index in [1.54, 1.807) is 30.5 Å². The second kappa shape index (κ2) is 8.56. The summed E-state index contributed by atoms with van der Waals surface area (Å²) in [6, 6.07) is 18.1. The number of carbonyl (C=O) groups excluding carboxylic acids is 1. The molecule has 0 bridgehead atoms. The lowest BCUT2D eigenvalue weighted by molar-refractivity contribution is -0.118. The molecule has 0 radical (unpaired) electrons. The summed E-state index contributed by atoms with van der Waals surface area (Å²) in [5.74, 6) is 0.480. The molecule has 0 fully saturated rings. The largest absolute Gasteiger partial charge is 0.482 e. The third-order valence-electron chi connectivity index (χ3n) is 3.35. The number of ether oxygens (including phenoxy) is 1. The number of anilines is 3. The molecule has 7 heteroatoms. The molecule has 0 spiro atoms. The van der Waals surface area contributed by atoms with E-state index in [1.165, 1.54) is 0 Å². The van der Waals surface area contributed by atoms with Gasteiger partial charge in [-0.1, -0.05) is 41.4 Å². The second-order valence-electron chi connectivity index (χ2n) is 5.33. The van der Waals surface area contributed by atoms with E-state index < -0.39 is 0 Å². The van der Waals surface area contributed by atoms with Crippen LogP contribution in [0.4, 0.5) is 17.2 Å². The number of hydrogen-bond donors (Lipinski definition) is 2. The van der Waals surface area contributed by atoms with Gasteiger partial charge in [0.1, 0.15) is 11.6 Å². The molecule has 5 nitrogen and oxygen atoms in total. The minimum Gasteiger partial charge on any atom is -0.482 e. The van der Waals surface area contributed by atoms with Gasteiger partial charge in [0.15, 0.2) is 6.61 Å². The van der Waals surface area contributed by atoms with Crippen LogP contribution in [0.5, 0.6) is 5.75 Å². The Kier molecular flexibility index (Phi) is 5.94.